The van der Waals surface area contributed by atoms with Crippen molar-refractivity contribution in [3.63, 3.8) is 0 Å². The van der Waals surface area contributed by atoms with Crippen LogP contribution in [-0.4, -0.2) is 11.3 Å². The van der Waals surface area contributed by atoms with E-state index in [9.17, 15) is 13.2 Å². The zero-order chi connectivity index (χ0) is 14.6. The van der Waals surface area contributed by atoms with Gasteiger partial charge in [-0.05, 0) is 24.1 Å². The van der Waals surface area contributed by atoms with Crippen LogP contribution < -0.4 is 16.0 Å². The Balaban J connectivity index is 2.03. The fraction of sp³-hybridized carbons (Fsp3) is 0.250. The fourth-order valence-corrected chi connectivity index (χ4v) is 2.31. The van der Waals surface area contributed by atoms with E-state index in [1.165, 1.54) is 23.5 Å². The number of nitrogens with two attached hydrogens (primary N) is 1. The van der Waals surface area contributed by atoms with Crippen molar-refractivity contribution in [2.24, 2.45) is 5.84 Å². The van der Waals surface area contributed by atoms with Crippen molar-refractivity contribution < 1.29 is 17.9 Å². The van der Waals surface area contributed by atoms with Gasteiger partial charge >= 0.3 is 6.36 Å². The number of thiazole rings is 1. The van der Waals surface area contributed by atoms with Gasteiger partial charge in [-0.3, -0.25) is 11.3 Å². The Morgan fingerprint density at radius 2 is 2.00 bits per heavy atom. The van der Waals surface area contributed by atoms with Gasteiger partial charge in [-0.2, -0.15) is 0 Å². The smallest absolute Gasteiger partial charge is 0.406 e. The first-order chi connectivity index (χ1) is 9.48. The fourth-order valence-electron chi connectivity index (χ4n) is 1.71. The molecule has 0 bridgehead atoms. The molecule has 2 aromatic rings. The number of hydrogen-bond donors (Lipinski definition) is 2. The van der Waals surface area contributed by atoms with Gasteiger partial charge in [0.25, 0.3) is 0 Å². The lowest BCUT2D eigenvalue weighted by molar-refractivity contribution is -0.274. The van der Waals surface area contributed by atoms with Gasteiger partial charge in [-0.25, -0.2) is 4.98 Å². The Bertz CT molecular complexity index is 528. The second-order valence-corrected chi connectivity index (χ2v) is 4.75. The highest BCUT2D eigenvalue weighted by Gasteiger charge is 2.30. The molecule has 0 saturated heterocycles. The second kappa shape index (κ2) is 6.21. The maximum Gasteiger partial charge on any atom is 0.573 e. The van der Waals surface area contributed by atoms with Crippen LogP contribution in [0.2, 0.25) is 0 Å². The molecule has 1 heterocycles. The molecule has 0 amide bonds. The zero-order valence-corrected chi connectivity index (χ0v) is 11.0. The summed E-state index contributed by atoms with van der Waals surface area (Å²) in [5.74, 6) is 5.22. The van der Waals surface area contributed by atoms with Crippen LogP contribution in [0.1, 0.15) is 17.3 Å². The maximum atomic E-state index is 12.0. The lowest BCUT2D eigenvalue weighted by atomic mass is 10.0. The molecule has 1 aromatic heterocycles. The van der Waals surface area contributed by atoms with Crippen molar-refractivity contribution in [3.05, 3.63) is 46.4 Å². The van der Waals surface area contributed by atoms with Gasteiger partial charge in [0.2, 0.25) is 0 Å². The van der Waals surface area contributed by atoms with Crippen LogP contribution in [0.15, 0.2) is 35.2 Å². The first kappa shape index (κ1) is 14.8. The summed E-state index contributed by atoms with van der Waals surface area (Å²) >= 11 is 1.45. The SMILES string of the molecule is NNC(Cc1ccc(OC(F)(F)F)cc1)c1cscn1. The minimum Gasteiger partial charge on any atom is -0.406 e. The van der Waals surface area contributed by atoms with Crippen molar-refractivity contribution in [3.8, 4) is 5.75 Å². The highest BCUT2D eigenvalue weighted by molar-refractivity contribution is 7.07. The van der Waals surface area contributed by atoms with Crippen LogP contribution >= 0.6 is 11.3 Å². The van der Waals surface area contributed by atoms with Crippen molar-refractivity contribution in [2.45, 2.75) is 18.8 Å². The summed E-state index contributed by atoms with van der Waals surface area (Å²) in [5.41, 5.74) is 5.96. The normalized spacial score (nSPS) is 13.2. The second-order valence-electron chi connectivity index (χ2n) is 4.03. The summed E-state index contributed by atoms with van der Waals surface area (Å²) in [6.07, 6.45) is -4.16. The molecule has 0 spiro atoms. The van der Waals surface area contributed by atoms with Gasteiger partial charge in [0.05, 0.1) is 17.2 Å². The third-order valence-electron chi connectivity index (χ3n) is 2.61. The molecule has 0 aliphatic heterocycles. The van der Waals surface area contributed by atoms with E-state index >= 15 is 0 Å². The molecule has 0 radical (unpaired) electrons. The van der Waals surface area contributed by atoms with Gasteiger partial charge in [0.1, 0.15) is 5.75 Å². The van der Waals surface area contributed by atoms with E-state index in [1.807, 2.05) is 5.38 Å². The molecule has 1 unspecified atom stereocenters. The largest absolute Gasteiger partial charge is 0.573 e. The summed E-state index contributed by atoms with van der Waals surface area (Å²) in [4.78, 5) is 4.15. The minimum atomic E-state index is -4.68. The first-order valence-corrected chi connectivity index (χ1v) is 6.61. The van der Waals surface area contributed by atoms with Crippen LogP contribution in [-0.2, 0) is 6.42 Å². The van der Waals surface area contributed by atoms with Crippen LogP contribution in [0.5, 0.6) is 5.75 Å². The van der Waals surface area contributed by atoms with Gasteiger partial charge in [0, 0.05) is 5.38 Å². The average Bonchev–Trinajstić information content (AvgIpc) is 2.90. The molecular formula is C12H12F3N3OS. The predicted octanol–water partition coefficient (Wildman–Crippen LogP) is 2.79. The number of nitrogens with zero attached hydrogens (tertiary/aromatic N) is 1. The molecule has 20 heavy (non-hydrogen) atoms. The number of rotatable bonds is 5. The summed E-state index contributed by atoms with van der Waals surface area (Å²) in [6.45, 7) is 0. The van der Waals surface area contributed by atoms with E-state index < -0.39 is 6.36 Å². The van der Waals surface area contributed by atoms with E-state index in [0.717, 1.165) is 11.3 Å². The van der Waals surface area contributed by atoms with Gasteiger partial charge in [0.15, 0.2) is 0 Å². The van der Waals surface area contributed by atoms with Gasteiger partial charge in [-0.15, -0.1) is 24.5 Å². The molecule has 0 aliphatic carbocycles. The third-order valence-corrected chi connectivity index (χ3v) is 3.21. The van der Waals surface area contributed by atoms with Crippen molar-refractivity contribution in [1.29, 1.82) is 0 Å². The van der Waals surface area contributed by atoms with E-state index in [-0.39, 0.29) is 11.8 Å². The molecule has 0 aliphatic rings. The lowest BCUT2D eigenvalue weighted by Gasteiger charge is -2.14. The first-order valence-electron chi connectivity index (χ1n) is 5.67. The van der Waals surface area contributed by atoms with E-state index in [0.29, 0.717) is 6.42 Å². The number of ether oxygens (including phenoxy) is 1. The number of hydrogen-bond acceptors (Lipinski definition) is 5. The Labute approximate surface area is 117 Å². The number of halogens is 3. The number of benzene rings is 1. The highest BCUT2D eigenvalue weighted by atomic mass is 32.1. The highest BCUT2D eigenvalue weighted by Crippen LogP contribution is 2.24. The average molecular weight is 303 g/mol. The van der Waals surface area contributed by atoms with Crippen molar-refractivity contribution in [2.75, 3.05) is 0 Å². The molecule has 0 fully saturated rings. The Kier molecular flexibility index (Phi) is 4.58. The Morgan fingerprint density at radius 1 is 1.30 bits per heavy atom. The number of alkyl halides is 3. The van der Waals surface area contributed by atoms with Crippen molar-refractivity contribution >= 4 is 11.3 Å². The van der Waals surface area contributed by atoms with Crippen molar-refractivity contribution in [1.82, 2.24) is 10.4 Å². The standard InChI is InChI=1S/C12H12F3N3OS/c13-12(14,15)19-9-3-1-8(2-4-9)5-10(18-16)11-6-20-7-17-11/h1-4,6-7,10,18H,5,16H2. The molecule has 3 N–H and O–H groups in total. The molecule has 2 rings (SSSR count). The molecule has 8 heteroatoms. The van der Waals surface area contributed by atoms with Crippen LogP contribution in [0, 0.1) is 0 Å². The lowest BCUT2D eigenvalue weighted by Crippen LogP contribution is -2.29. The Morgan fingerprint density at radius 3 is 2.50 bits per heavy atom. The van der Waals surface area contributed by atoms with E-state index in [2.05, 4.69) is 15.1 Å². The minimum absolute atomic E-state index is 0.185. The molecule has 1 aromatic carbocycles. The summed E-state index contributed by atoms with van der Waals surface area (Å²) in [7, 11) is 0. The molecule has 0 saturated carbocycles. The molecule has 1 atom stereocenters. The van der Waals surface area contributed by atoms with E-state index in [1.54, 1.807) is 17.6 Å². The van der Waals surface area contributed by atoms with E-state index in [4.69, 9.17) is 5.84 Å². The van der Waals surface area contributed by atoms with Crippen LogP contribution in [0.3, 0.4) is 0 Å². The van der Waals surface area contributed by atoms with Crippen LogP contribution in [0.4, 0.5) is 13.2 Å². The summed E-state index contributed by atoms with van der Waals surface area (Å²) < 4.78 is 39.9. The monoisotopic (exact) mass is 303 g/mol. The number of nitrogens with one attached hydrogen (secondary N) is 1. The van der Waals surface area contributed by atoms with Gasteiger partial charge < -0.3 is 4.74 Å². The number of hydrazine groups is 1. The quantitative estimate of drug-likeness (QED) is 0.658. The Hall–Kier alpha value is -1.64. The zero-order valence-electron chi connectivity index (χ0n) is 10.2. The number of aromatic nitrogens is 1. The third kappa shape index (κ3) is 4.19. The van der Waals surface area contributed by atoms with Gasteiger partial charge in [-0.1, -0.05) is 12.1 Å². The molecular weight excluding hydrogens is 291 g/mol. The summed E-state index contributed by atoms with van der Waals surface area (Å²) in [5, 5.41) is 1.87. The van der Waals surface area contributed by atoms with Crippen LogP contribution in [0.25, 0.3) is 0 Å². The predicted molar refractivity (Wildman–Crippen MR) is 69.0 cm³/mol. The molecule has 108 valence electrons. The maximum absolute atomic E-state index is 12.0. The molecule has 4 nitrogen and oxygen atoms in total. The topological polar surface area (TPSA) is 60.2 Å². The summed E-state index contributed by atoms with van der Waals surface area (Å²) in [6, 6.07) is 5.50.